The Morgan fingerprint density at radius 3 is 2.23 bits per heavy atom. The Hall–Kier alpha value is -3.61. The van der Waals surface area contributed by atoms with E-state index in [4.69, 9.17) is 4.74 Å². The van der Waals surface area contributed by atoms with Gasteiger partial charge in [-0.2, -0.15) is 5.10 Å². The van der Waals surface area contributed by atoms with Crippen LogP contribution in [0.4, 0.5) is 5.69 Å². The van der Waals surface area contributed by atoms with Gasteiger partial charge in [-0.25, -0.2) is 0 Å². The van der Waals surface area contributed by atoms with Gasteiger partial charge in [-0.1, -0.05) is 29.8 Å². The number of nitrogens with zero attached hydrogens (tertiary/aromatic N) is 3. The summed E-state index contributed by atoms with van der Waals surface area (Å²) in [6, 6.07) is 16.1. The second-order valence-corrected chi connectivity index (χ2v) is 9.71. The minimum absolute atomic E-state index is 0.162. The Kier molecular flexibility index (Phi) is 8.33. The van der Waals surface area contributed by atoms with Crippen molar-refractivity contribution in [2.45, 2.75) is 66.1 Å². The monoisotopic (exact) mass is 476 g/mol. The van der Waals surface area contributed by atoms with E-state index in [9.17, 15) is 9.59 Å². The van der Waals surface area contributed by atoms with Crippen LogP contribution in [-0.4, -0.2) is 33.7 Å². The van der Waals surface area contributed by atoms with E-state index in [1.54, 1.807) is 9.58 Å². The molecule has 1 atom stereocenters. The molecule has 0 aliphatic rings. The fourth-order valence-electron chi connectivity index (χ4n) is 3.83. The fourth-order valence-corrected chi connectivity index (χ4v) is 3.83. The molecule has 2 amide bonds. The molecular weight excluding hydrogens is 440 g/mol. The van der Waals surface area contributed by atoms with E-state index in [0.29, 0.717) is 30.2 Å². The van der Waals surface area contributed by atoms with Crippen molar-refractivity contribution in [1.82, 2.24) is 15.1 Å². The maximum Gasteiger partial charge on any atom is 0.248 e. The molecule has 35 heavy (non-hydrogen) atoms. The van der Waals surface area contributed by atoms with Gasteiger partial charge in [0.15, 0.2) is 0 Å². The van der Waals surface area contributed by atoms with Gasteiger partial charge in [0, 0.05) is 30.4 Å². The Morgan fingerprint density at radius 1 is 1.03 bits per heavy atom. The molecular formula is C28H36N4O3. The SMILES string of the molecule is CCOc1ccc([C@@H](C(=O)NC(C)(C)C)N(C(=O)CCn2ccc(C)n2)c2ccc(C)cc2)cc1. The maximum absolute atomic E-state index is 13.7. The summed E-state index contributed by atoms with van der Waals surface area (Å²) in [7, 11) is 0. The zero-order chi connectivity index (χ0) is 25.6. The first-order valence-electron chi connectivity index (χ1n) is 12.0. The van der Waals surface area contributed by atoms with Crippen LogP contribution in [0.3, 0.4) is 0 Å². The molecule has 0 aliphatic carbocycles. The van der Waals surface area contributed by atoms with Crippen LogP contribution in [0.15, 0.2) is 60.8 Å². The molecule has 0 bridgehead atoms. The van der Waals surface area contributed by atoms with Crippen molar-refractivity contribution in [2.75, 3.05) is 11.5 Å². The zero-order valence-corrected chi connectivity index (χ0v) is 21.5. The van der Waals surface area contributed by atoms with E-state index >= 15 is 0 Å². The summed E-state index contributed by atoms with van der Waals surface area (Å²) >= 11 is 0. The molecule has 0 aliphatic heterocycles. The van der Waals surface area contributed by atoms with E-state index < -0.39 is 11.6 Å². The molecule has 0 radical (unpaired) electrons. The lowest BCUT2D eigenvalue weighted by Gasteiger charge is -2.34. The van der Waals surface area contributed by atoms with E-state index in [0.717, 1.165) is 11.3 Å². The third kappa shape index (κ3) is 7.18. The summed E-state index contributed by atoms with van der Waals surface area (Å²) in [5.74, 6) is 0.309. The minimum atomic E-state index is -0.848. The van der Waals surface area contributed by atoms with Gasteiger partial charge in [0.1, 0.15) is 11.8 Å². The lowest BCUT2D eigenvalue weighted by Crippen LogP contribution is -2.49. The average molecular weight is 477 g/mol. The van der Waals surface area contributed by atoms with Gasteiger partial charge in [-0.05, 0) is 77.4 Å². The third-order valence-electron chi connectivity index (χ3n) is 5.42. The lowest BCUT2D eigenvalue weighted by atomic mass is 10.00. The molecule has 7 heteroatoms. The Morgan fingerprint density at radius 2 is 1.69 bits per heavy atom. The third-order valence-corrected chi connectivity index (χ3v) is 5.42. The van der Waals surface area contributed by atoms with Gasteiger partial charge in [-0.3, -0.25) is 19.2 Å². The Labute approximate surface area is 208 Å². The smallest absolute Gasteiger partial charge is 0.248 e. The van der Waals surface area contributed by atoms with Gasteiger partial charge in [0.2, 0.25) is 11.8 Å². The predicted octanol–water partition coefficient (Wildman–Crippen LogP) is 4.98. The van der Waals surface area contributed by atoms with Crippen LogP contribution in [0.1, 0.15) is 57.0 Å². The first kappa shape index (κ1) is 26.0. The number of carbonyl (C=O) groups excluding carboxylic acids is 2. The Bertz CT molecular complexity index is 1130. The first-order valence-corrected chi connectivity index (χ1v) is 12.0. The summed E-state index contributed by atoms with van der Waals surface area (Å²) in [6.45, 7) is 12.6. The molecule has 0 saturated heterocycles. The summed E-state index contributed by atoms with van der Waals surface area (Å²) in [4.78, 5) is 29.0. The molecule has 0 fully saturated rings. The number of ether oxygens (including phenoxy) is 1. The molecule has 3 rings (SSSR count). The number of aryl methyl sites for hydroxylation is 3. The molecule has 0 spiro atoms. The largest absolute Gasteiger partial charge is 0.494 e. The van der Waals surface area contributed by atoms with Gasteiger partial charge in [-0.15, -0.1) is 0 Å². The van der Waals surface area contributed by atoms with Crippen molar-refractivity contribution >= 4 is 17.5 Å². The molecule has 1 heterocycles. The van der Waals surface area contributed by atoms with Gasteiger partial charge in [0.05, 0.1) is 12.3 Å². The minimum Gasteiger partial charge on any atom is -0.494 e. The lowest BCUT2D eigenvalue weighted by molar-refractivity contribution is -0.127. The molecule has 1 aromatic heterocycles. The number of rotatable bonds is 9. The van der Waals surface area contributed by atoms with Crippen LogP contribution in [0, 0.1) is 13.8 Å². The van der Waals surface area contributed by atoms with Crippen LogP contribution >= 0.6 is 0 Å². The highest BCUT2D eigenvalue weighted by Gasteiger charge is 2.34. The Balaban J connectivity index is 2.03. The van der Waals surface area contributed by atoms with E-state index in [2.05, 4.69) is 10.4 Å². The van der Waals surface area contributed by atoms with Crippen molar-refractivity contribution < 1.29 is 14.3 Å². The van der Waals surface area contributed by atoms with Crippen molar-refractivity contribution in [3.63, 3.8) is 0 Å². The predicted molar refractivity (Wildman–Crippen MR) is 138 cm³/mol. The standard InChI is InChI=1S/C28H36N4O3/c1-7-35-24-14-10-22(11-15-24)26(27(34)29-28(4,5)6)32(23-12-8-20(2)9-13-23)25(33)17-19-31-18-16-21(3)30-31/h8-16,18,26H,7,17,19H2,1-6H3,(H,29,34)/t26-/m0/s1. The molecule has 0 unspecified atom stereocenters. The summed E-state index contributed by atoms with van der Waals surface area (Å²) in [6.07, 6.45) is 2.06. The van der Waals surface area contributed by atoms with Gasteiger partial charge in [0.25, 0.3) is 0 Å². The summed E-state index contributed by atoms with van der Waals surface area (Å²) in [5.41, 5.74) is 2.88. The zero-order valence-electron chi connectivity index (χ0n) is 21.5. The van der Waals surface area contributed by atoms with E-state index in [-0.39, 0.29) is 18.2 Å². The van der Waals surface area contributed by atoms with Crippen molar-refractivity contribution in [3.8, 4) is 5.75 Å². The molecule has 7 nitrogen and oxygen atoms in total. The number of anilines is 1. The maximum atomic E-state index is 13.7. The molecule has 1 N–H and O–H groups in total. The van der Waals surface area contributed by atoms with E-state index in [1.807, 2.05) is 102 Å². The topological polar surface area (TPSA) is 76.5 Å². The number of carbonyl (C=O) groups is 2. The van der Waals surface area contributed by atoms with Crippen LogP contribution < -0.4 is 15.0 Å². The molecule has 3 aromatic rings. The second-order valence-electron chi connectivity index (χ2n) is 9.71. The van der Waals surface area contributed by atoms with Crippen molar-refractivity contribution in [1.29, 1.82) is 0 Å². The first-order chi connectivity index (χ1) is 16.6. The number of amides is 2. The molecule has 0 saturated carbocycles. The highest BCUT2D eigenvalue weighted by molar-refractivity contribution is 6.01. The van der Waals surface area contributed by atoms with Gasteiger partial charge < -0.3 is 10.1 Å². The van der Waals surface area contributed by atoms with Gasteiger partial charge >= 0.3 is 0 Å². The van der Waals surface area contributed by atoms with Crippen LogP contribution in [0.5, 0.6) is 5.75 Å². The number of hydrogen-bond donors (Lipinski definition) is 1. The van der Waals surface area contributed by atoms with Crippen molar-refractivity contribution in [3.05, 3.63) is 77.6 Å². The van der Waals surface area contributed by atoms with Crippen LogP contribution in [0.25, 0.3) is 0 Å². The molecule has 2 aromatic carbocycles. The fraction of sp³-hybridized carbons (Fsp3) is 0.393. The van der Waals surface area contributed by atoms with Crippen LogP contribution in [-0.2, 0) is 16.1 Å². The average Bonchev–Trinajstić information content (AvgIpc) is 3.21. The van der Waals surface area contributed by atoms with Crippen molar-refractivity contribution in [2.24, 2.45) is 0 Å². The number of hydrogen-bond acceptors (Lipinski definition) is 4. The van der Waals surface area contributed by atoms with Crippen LogP contribution in [0.2, 0.25) is 0 Å². The highest BCUT2D eigenvalue weighted by Crippen LogP contribution is 2.31. The number of nitrogens with one attached hydrogen (secondary N) is 1. The van der Waals surface area contributed by atoms with E-state index in [1.165, 1.54) is 0 Å². The summed E-state index contributed by atoms with van der Waals surface area (Å²) in [5, 5.41) is 7.46. The normalized spacial score (nSPS) is 12.2. The highest BCUT2D eigenvalue weighted by atomic mass is 16.5. The second kappa shape index (κ2) is 11.2. The quantitative estimate of drug-likeness (QED) is 0.473. The number of aromatic nitrogens is 2. The number of benzene rings is 2. The summed E-state index contributed by atoms with van der Waals surface area (Å²) < 4.78 is 7.34. The molecule has 186 valence electrons.